The average Bonchev–Trinajstić information content (AvgIpc) is 3.20. The zero-order valence-corrected chi connectivity index (χ0v) is 19.7. The molecule has 8 heteroatoms. The lowest BCUT2D eigenvalue weighted by Gasteiger charge is -2.36. The number of benzene rings is 1. The van der Waals surface area contributed by atoms with Crippen molar-refractivity contribution >= 4 is 28.8 Å². The van der Waals surface area contributed by atoms with Crippen LogP contribution in [0, 0.1) is 6.92 Å². The van der Waals surface area contributed by atoms with Crippen LogP contribution >= 0.6 is 11.8 Å². The highest BCUT2D eigenvalue weighted by atomic mass is 32.2. The number of thioether (sulfide) groups is 1. The standard InChI is InChI=1S/C25H26N4O3S/c1-16-7-9-18(10-8-16)23-22(24(31)32-3)17(2)28-25-29(23)20(15-33-25)14-21(30)27-13-11-19-6-4-5-12-26-19/h4-10,12,15,23H,11,13-14H2,1-3H3,(H,27,30). The van der Waals surface area contributed by atoms with Crippen LogP contribution in [0.3, 0.4) is 0 Å². The van der Waals surface area contributed by atoms with Crippen LogP contribution in [-0.2, 0) is 20.7 Å². The molecular weight excluding hydrogens is 436 g/mol. The van der Waals surface area contributed by atoms with E-state index in [0.29, 0.717) is 24.2 Å². The van der Waals surface area contributed by atoms with Crippen molar-refractivity contribution in [2.24, 2.45) is 4.99 Å². The Hall–Kier alpha value is -3.39. The molecule has 1 unspecified atom stereocenters. The van der Waals surface area contributed by atoms with E-state index in [-0.39, 0.29) is 12.3 Å². The molecule has 1 amide bonds. The van der Waals surface area contributed by atoms with Crippen LogP contribution in [0.4, 0.5) is 0 Å². The number of nitrogens with one attached hydrogen (secondary N) is 1. The highest BCUT2D eigenvalue weighted by molar-refractivity contribution is 8.16. The van der Waals surface area contributed by atoms with Crippen molar-refractivity contribution in [3.63, 3.8) is 0 Å². The summed E-state index contributed by atoms with van der Waals surface area (Å²) in [6.45, 7) is 4.35. The molecule has 0 radical (unpaired) electrons. The van der Waals surface area contributed by atoms with Crippen molar-refractivity contribution in [3.8, 4) is 0 Å². The number of esters is 1. The highest BCUT2D eigenvalue weighted by Gasteiger charge is 2.40. The molecule has 4 rings (SSSR count). The number of carbonyl (C=O) groups excluding carboxylic acids is 2. The van der Waals surface area contributed by atoms with Crippen molar-refractivity contribution in [2.45, 2.75) is 32.7 Å². The topological polar surface area (TPSA) is 83.9 Å². The first-order valence-electron chi connectivity index (χ1n) is 10.7. The van der Waals surface area contributed by atoms with Crippen LogP contribution in [0.1, 0.15) is 36.2 Å². The number of hydrogen-bond acceptors (Lipinski definition) is 7. The normalized spacial score (nSPS) is 17.3. The minimum atomic E-state index is -0.420. The van der Waals surface area contributed by atoms with Gasteiger partial charge in [-0.15, -0.1) is 0 Å². The second-order valence-corrected chi connectivity index (χ2v) is 8.73. The van der Waals surface area contributed by atoms with E-state index in [2.05, 4.69) is 15.3 Å². The smallest absolute Gasteiger partial charge is 0.338 e. The number of fused-ring (bicyclic) bond motifs is 1. The molecule has 2 aromatic rings. The van der Waals surface area contributed by atoms with Gasteiger partial charge in [-0.1, -0.05) is 47.7 Å². The lowest BCUT2D eigenvalue weighted by Crippen LogP contribution is -2.38. The third-order valence-electron chi connectivity index (χ3n) is 5.57. The number of rotatable bonds is 7. The SMILES string of the molecule is COC(=O)C1=C(C)N=C2SC=C(CC(=O)NCCc3ccccn3)N2C1c1ccc(C)cc1. The van der Waals surface area contributed by atoms with Gasteiger partial charge in [0.2, 0.25) is 5.91 Å². The number of amides is 1. The van der Waals surface area contributed by atoms with Crippen molar-refractivity contribution < 1.29 is 14.3 Å². The summed E-state index contributed by atoms with van der Waals surface area (Å²) in [4.78, 5) is 36.4. The third-order valence-corrected chi connectivity index (χ3v) is 6.46. The quantitative estimate of drug-likeness (QED) is 0.629. The first-order valence-corrected chi connectivity index (χ1v) is 11.6. The van der Waals surface area contributed by atoms with Gasteiger partial charge >= 0.3 is 5.97 Å². The van der Waals surface area contributed by atoms with Crippen LogP contribution < -0.4 is 5.32 Å². The summed E-state index contributed by atoms with van der Waals surface area (Å²) < 4.78 is 5.09. The molecule has 0 bridgehead atoms. The minimum Gasteiger partial charge on any atom is -0.466 e. The molecule has 0 saturated carbocycles. The van der Waals surface area contributed by atoms with E-state index in [1.807, 2.05) is 66.6 Å². The van der Waals surface area contributed by atoms with Gasteiger partial charge in [0, 0.05) is 30.6 Å². The summed E-state index contributed by atoms with van der Waals surface area (Å²) in [6.07, 6.45) is 2.59. The van der Waals surface area contributed by atoms with Crippen molar-refractivity contribution in [2.75, 3.05) is 13.7 Å². The van der Waals surface area contributed by atoms with Crippen molar-refractivity contribution in [1.29, 1.82) is 0 Å². The Balaban J connectivity index is 1.54. The zero-order valence-electron chi connectivity index (χ0n) is 18.9. The van der Waals surface area contributed by atoms with Gasteiger partial charge in [0.05, 0.1) is 30.8 Å². The molecule has 1 aromatic carbocycles. The number of allylic oxidation sites excluding steroid dienone is 1. The fourth-order valence-electron chi connectivity index (χ4n) is 3.91. The lowest BCUT2D eigenvalue weighted by molar-refractivity contribution is -0.136. The van der Waals surface area contributed by atoms with Crippen LogP contribution in [0.15, 0.2) is 76.0 Å². The van der Waals surface area contributed by atoms with Crippen molar-refractivity contribution in [3.05, 3.63) is 87.9 Å². The van der Waals surface area contributed by atoms with E-state index in [4.69, 9.17) is 4.74 Å². The van der Waals surface area contributed by atoms with Crippen LogP contribution in [0.2, 0.25) is 0 Å². The molecule has 0 saturated heterocycles. The Morgan fingerprint density at radius 1 is 1.15 bits per heavy atom. The van der Waals surface area contributed by atoms with Crippen LogP contribution in [0.5, 0.6) is 0 Å². The van der Waals surface area contributed by atoms with Crippen LogP contribution in [-0.4, -0.2) is 40.6 Å². The first kappa shape index (κ1) is 22.8. The number of methoxy groups -OCH3 is 1. The molecule has 2 aliphatic rings. The van der Waals surface area contributed by atoms with Crippen molar-refractivity contribution in [1.82, 2.24) is 15.2 Å². The van der Waals surface area contributed by atoms with E-state index in [9.17, 15) is 9.59 Å². The first-order chi connectivity index (χ1) is 16.0. The number of hydrogen-bond donors (Lipinski definition) is 1. The van der Waals surface area contributed by atoms with E-state index in [1.165, 1.54) is 18.9 Å². The molecule has 170 valence electrons. The number of pyridine rings is 1. The number of nitrogens with zero attached hydrogens (tertiary/aromatic N) is 3. The van der Waals surface area contributed by atoms with Gasteiger partial charge in [-0.2, -0.15) is 0 Å². The van der Waals surface area contributed by atoms with Gasteiger partial charge in [0.15, 0.2) is 5.17 Å². The zero-order chi connectivity index (χ0) is 23.4. The van der Waals surface area contributed by atoms with Gasteiger partial charge in [-0.25, -0.2) is 9.79 Å². The fraction of sp³-hybridized carbons (Fsp3) is 0.280. The number of ether oxygens (including phenoxy) is 1. The van der Waals surface area contributed by atoms with Gasteiger partial charge in [-0.05, 0) is 37.0 Å². The summed E-state index contributed by atoms with van der Waals surface area (Å²) in [7, 11) is 1.37. The summed E-state index contributed by atoms with van der Waals surface area (Å²) >= 11 is 1.46. The minimum absolute atomic E-state index is 0.0902. The van der Waals surface area contributed by atoms with E-state index in [1.54, 1.807) is 6.20 Å². The Kier molecular flexibility index (Phi) is 6.93. The molecule has 0 aliphatic carbocycles. The third kappa shape index (κ3) is 5.01. The number of amidine groups is 1. The number of aromatic nitrogens is 1. The Bertz CT molecular complexity index is 1140. The Morgan fingerprint density at radius 3 is 2.64 bits per heavy atom. The maximum atomic E-state index is 12.7. The maximum absolute atomic E-state index is 12.7. The van der Waals surface area contributed by atoms with Gasteiger partial charge in [-0.3, -0.25) is 9.78 Å². The second kappa shape index (κ2) is 10.0. The molecular formula is C25H26N4O3S. The molecule has 0 fully saturated rings. The van der Waals surface area contributed by atoms with E-state index >= 15 is 0 Å². The predicted molar refractivity (Wildman–Crippen MR) is 129 cm³/mol. The molecule has 2 aliphatic heterocycles. The van der Waals surface area contributed by atoms with Gasteiger partial charge in [0.1, 0.15) is 0 Å². The molecule has 1 aromatic heterocycles. The lowest BCUT2D eigenvalue weighted by atomic mass is 9.93. The summed E-state index contributed by atoms with van der Waals surface area (Å²) in [5.41, 5.74) is 4.91. The largest absolute Gasteiger partial charge is 0.466 e. The fourth-order valence-corrected chi connectivity index (χ4v) is 4.87. The Labute approximate surface area is 197 Å². The molecule has 7 nitrogen and oxygen atoms in total. The molecule has 3 heterocycles. The number of carbonyl (C=O) groups is 2. The summed E-state index contributed by atoms with van der Waals surface area (Å²) in [6, 6.07) is 13.4. The van der Waals surface area contributed by atoms with Gasteiger partial charge < -0.3 is 15.0 Å². The van der Waals surface area contributed by atoms with Crippen LogP contribution in [0.25, 0.3) is 0 Å². The maximum Gasteiger partial charge on any atom is 0.338 e. The second-order valence-electron chi connectivity index (χ2n) is 7.89. The summed E-state index contributed by atoms with van der Waals surface area (Å²) in [5.74, 6) is -0.510. The average molecular weight is 463 g/mol. The Morgan fingerprint density at radius 2 is 1.94 bits per heavy atom. The van der Waals surface area contributed by atoms with E-state index < -0.39 is 12.0 Å². The number of aryl methyl sites for hydroxylation is 1. The molecule has 1 N–H and O–H groups in total. The molecule has 1 atom stereocenters. The molecule has 0 spiro atoms. The van der Waals surface area contributed by atoms with E-state index in [0.717, 1.165) is 27.7 Å². The monoisotopic (exact) mass is 462 g/mol. The summed E-state index contributed by atoms with van der Waals surface area (Å²) in [5, 5.41) is 5.66. The van der Waals surface area contributed by atoms with Gasteiger partial charge in [0.25, 0.3) is 0 Å². The molecule has 33 heavy (non-hydrogen) atoms. The highest BCUT2D eigenvalue weighted by Crippen LogP contribution is 2.44. The number of aliphatic imine (C=N–C) groups is 1. The predicted octanol–water partition coefficient (Wildman–Crippen LogP) is 3.89.